The molecule has 4 nitrogen and oxygen atoms in total. The molecule has 3 aliphatic rings. The van der Waals surface area contributed by atoms with Crippen LogP contribution in [0.2, 0.25) is 0 Å². The van der Waals surface area contributed by atoms with E-state index in [2.05, 4.69) is 61.3 Å². The molecule has 0 saturated carbocycles. The van der Waals surface area contributed by atoms with Gasteiger partial charge in [-0.05, 0) is 60.7 Å². The second-order valence-corrected chi connectivity index (χ2v) is 10.5. The molecule has 3 aliphatic heterocycles. The van der Waals surface area contributed by atoms with Crippen LogP contribution >= 0.6 is 11.8 Å². The smallest absolute Gasteiger partial charge is 0.260 e. The fraction of sp³-hybridized carbons (Fsp3) is 0.143. The van der Waals surface area contributed by atoms with Crippen LogP contribution in [0, 0.1) is 0 Å². The summed E-state index contributed by atoms with van der Waals surface area (Å²) in [6.45, 7) is 4.42. The minimum atomic E-state index is -0.0382. The quantitative estimate of drug-likeness (QED) is 0.350. The zero-order valence-corrected chi connectivity index (χ0v) is 19.7. The number of pyridine rings is 1. The summed E-state index contributed by atoms with van der Waals surface area (Å²) in [6, 6.07) is 23.0. The van der Waals surface area contributed by atoms with Crippen LogP contribution in [0.25, 0.3) is 11.1 Å². The lowest BCUT2D eigenvalue weighted by atomic mass is 9.35. The number of nitrogens with zero attached hydrogens (tertiary/aromatic N) is 2. The Morgan fingerprint density at radius 3 is 2.00 bits per heavy atom. The molecule has 0 spiro atoms. The molecular formula is C28H21BN2O2S. The van der Waals surface area contributed by atoms with Crippen molar-refractivity contribution in [1.82, 2.24) is 4.98 Å². The SMILES string of the molecule is CC1(C)CSC(c2cncc(-c3cc4c5c(c3)Oc3ccccc3B5c3ccccc3O4)c2)=N1. The van der Waals surface area contributed by atoms with Crippen molar-refractivity contribution in [2.24, 2.45) is 4.99 Å². The van der Waals surface area contributed by atoms with Gasteiger partial charge in [-0.15, -0.1) is 11.8 Å². The molecule has 3 aromatic carbocycles. The number of fused-ring (bicyclic) bond motifs is 4. The van der Waals surface area contributed by atoms with Gasteiger partial charge in [-0.2, -0.15) is 0 Å². The van der Waals surface area contributed by atoms with Crippen LogP contribution in [0.1, 0.15) is 19.4 Å². The predicted octanol–water partition coefficient (Wildman–Crippen LogP) is 4.75. The topological polar surface area (TPSA) is 43.7 Å². The van der Waals surface area contributed by atoms with Gasteiger partial charge in [0.25, 0.3) is 6.71 Å². The maximum Gasteiger partial charge on any atom is 0.260 e. The standard InChI is InChI=1S/C28H21BN2O2S/c1-28(2)16-34-27(31-28)19-11-18(14-30-15-19)17-12-24-26-25(13-17)33-23-10-6-4-8-21(23)29(26)20-7-3-5-9-22(20)32-24/h3-15H,16H2,1-2H3. The molecule has 7 rings (SSSR count). The van der Waals surface area contributed by atoms with Gasteiger partial charge in [0, 0.05) is 34.7 Å². The Kier molecular flexibility index (Phi) is 4.24. The van der Waals surface area contributed by atoms with Gasteiger partial charge < -0.3 is 9.47 Å². The molecule has 6 heteroatoms. The van der Waals surface area contributed by atoms with E-state index in [0.29, 0.717) is 0 Å². The van der Waals surface area contributed by atoms with Gasteiger partial charge in [0.2, 0.25) is 0 Å². The highest BCUT2D eigenvalue weighted by Gasteiger charge is 2.40. The van der Waals surface area contributed by atoms with Crippen molar-refractivity contribution in [1.29, 1.82) is 0 Å². The largest absolute Gasteiger partial charge is 0.458 e. The molecule has 0 N–H and O–H groups in total. The van der Waals surface area contributed by atoms with Crippen molar-refractivity contribution in [3.63, 3.8) is 0 Å². The maximum absolute atomic E-state index is 6.43. The Morgan fingerprint density at radius 2 is 1.38 bits per heavy atom. The molecular weight excluding hydrogens is 439 g/mol. The molecule has 0 saturated heterocycles. The van der Waals surface area contributed by atoms with Crippen LogP contribution in [0.5, 0.6) is 23.0 Å². The number of aliphatic imine (C=N–C) groups is 1. The van der Waals surface area contributed by atoms with Gasteiger partial charge in [0.15, 0.2) is 0 Å². The fourth-order valence-electron chi connectivity index (χ4n) is 5.01. The molecule has 0 unspecified atom stereocenters. The zero-order chi connectivity index (χ0) is 22.9. The van der Waals surface area contributed by atoms with Crippen molar-refractivity contribution < 1.29 is 9.47 Å². The number of rotatable bonds is 2. The number of ether oxygens (including phenoxy) is 2. The highest BCUT2D eigenvalue weighted by Crippen LogP contribution is 2.38. The molecule has 0 radical (unpaired) electrons. The van der Waals surface area contributed by atoms with Crippen LogP contribution in [0.15, 0.2) is 84.1 Å². The van der Waals surface area contributed by atoms with E-state index in [1.165, 1.54) is 10.9 Å². The van der Waals surface area contributed by atoms with Crippen LogP contribution < -0.4 is 25.9 Å². The van der Waals surface area contributed by atoms with Gasteiger partial charge in [-0.1, -0.05) is 36.4 Å². The second kappa shape index (κ2) is 7.24. The molecule has 1 aromatic heterocycles. The van der Waals surface area contributed by atoms with E-state index < -0.39 is 0 Å². The van der Waals surface area contributed by atoms with Crippen molar-refractivity contribution >= 4 is 39.9 Å². The molecule has 4 aromatic rings. The molecule has 164 valence electrons. The lowest BCUT2D eigenvalue weighted by Gasteiger charge is -2.33. The number of thioether (sulfide) groups is 1. The van der Waals surface area contributed by atoms with E-state index in [1.54, 1.807) is 11.8 Å². The van der Waals surface area contributed by atoms with Crippen molar-refractivity contribution in [3.05, 3.63) is 84.7 Å². The average molecular weight is 460 g/mol. The molecule has 0 fully saturated rings. The van der Waals surface area contributed by atoms with E-state index in [-0.39, 0.29) is 12.3 Å². The van der Waals surface area contributed by atoms with Crippen molar-refractivity contribution in [3.8, 4) is 34.1 Å². The first-order valence-electron chi connectivity index (χ1n) is 11.5. The Labute approximate surface area is 203 Å². The van der Waals surface area contributed by atoms with Gasteiger partial charge in [0.05, 0.1) is 10.6 Å². The summed E-state index contributed by atoms with van der Waals surface area (Å²) in [7, 11) is 0. The van der Waals surface area contributed by atoms with Gasteiger partial charge >= 0.3 is 0 Å². The first-order chi connectivity index (χ1) is 16.6. The first-order valence-corrected chi connectivity index (χ1v) is 12.4. The molecule has 34 heavy (non-hydrogen) atoms. The highest BCUT2D eigenvalue weighted by molar-refractivity contribution is 8.14. The Bertz CT molecular complexity index is 1440. The highest BCUT2D eigenvalue weighted by atomic mass is 32.2. The second-order valence-electron chi connectivity index (χ2n) is 9.58. The third-order valence-corrected chi connectivity index (χ3v) is 8.03. The molecule has 0 bridgehead atoms. The third kappa shape index (κ3) is 3.09. The lowest BCUT2D eigenvalue weighted by molar-refractivity contribution is 0.465. The van der Waals surface area contributed by atoms with Crippen molar-refractivity contribution in [2.45, 2.75) is 19.4 Å². The zero-order valence-electron chi connectivity index (χ0n) is 18.9. The number of aromatic nitrogens is 1. The summed E-state index contributed by atoms with van der Waals surface area (Å²) in [4.78, 5) is 9.43. The Morgan fingerprint density at radius 1 is 0.765 bits per heavy atom. The summed E-state index contributed by atoms with van der Waals surface area (Å²) >= 11 is 1.79. The first kappa shape index (κ1) is 19.9. The minimum Gasteiger partial charge on any atom is -0.458 e. The predicted molar refractivity (Wildman–Crippen MR) is 140 cm³/mol. The number of hydrogen-bond donors (Lipinski definition) is 0. The van der Waals surface area contributed by atoms with Crippen LogP contribution in [-0.2, 0) is 0 Å². The Hall–Kier alpha value is -3.51. The number of benzene rings is 3. The Balaban J connectivity index is 1.38. The summed E-state index contributed by atoms with van der Waals surface area (Å²) in [6.07, 6.45) is 3.79. The molecule has 0 atom stereocenters. The number of hydrogen-bond acceptors (Lipinski definition) is 5. The maximum atomic E-state index is 6.43. The molecule has 0 amide bonds. The normalized spacial score (nSPS) is 16.5. The third-order valence-electron chi connectivity index (χ3n) is 6.58. The van der Waals surface area contributed by atoms with Gasteiger partial charge in [-0.25, -0.2) is 0 Å². The summed E-state index contributed by atoms with van der Waals surface area (Å²) in [5, 5.41) is 1.05. The minimum absolute atomic E-state index is 0.0382. The average Bonchev–Trinajstić information content (AvgIpc) is 3.23. The summed E-state index contributed by atoms with van der Waals surface area (Å²) in [5.41, 5.74) is 6.47. The molecule has 4 heterocycles. The van der Waals surface area contributed by atoms with E-state index in [9.17, 15) is 0 Å². The number of para-hydroxylation sites is 2. The molecule has 0 aliphatic carbocycles. The summed E-state index contributed by atoms with van der Waals surface area (Å²) < 4.78 is 12.9. The summed E-state index contributed by atoms with van der Waals surface area (Å²) in [5.74, 6) is 4.45. The van der Waals surface area contributed by atoms with Gasteiger partial charge in [-0.3, -0.25) is 9.98 Å². The fourth-order valence-corrected chi connectivity index (χ4v) is 6.15. The van der Waals surface area contributed by atoms with E-state index in [1.807, 2.05) is 36.7 Å². The van der Waals surface area contributed by atoms with Crippen LogP contribution in [0.3, 0.4) is 0 Å². The monoisotopic (exact) mass is 460 g/mol. The van der Waals surface area contributed by atoms with Crippen LogP contribution in [-0.4, -0.2) is 28.0 Å². The van der Waals surface area contributed by atoms with Gasteiger partial charge in [0.1, 0.15) is 23.0 Å². The van der Waals surface area contributed by atoms with E-state index >= 15 is 0 Å². The van der Waals surface area contributed by atoms with Crippen molar-refractivity contribution in [2.75, 3.05) is 5.75 Å². The van der Waals surface area contributed by atoms with E-state index in [0.717, 1.165) is 55.9 Å². The lowest BCUT2D eigenvalue weighted by Crippen LogP contribution is -2.57. The van der Waals surface area contributed by atoms with Crippen LogP contribution in [0.4, 0.5) is 0 Å². The van der Waals surface area contributed by atoms with E-state index in [4.69, 9.17) is 14.5 Å².